The van der Waals surface area contributed by atoms with Gasteiger partial charge in [-0.05, 0) is 18.2 Å². The molecule has 13 heavy (non-hydrogen) atoms. The number of benzene rings is 1. The minimum absolute atomic E-state index is 0.949. The zero-order valence-corrected chi connectivity index (χ0v) is 8.67. The first-order valence-electron chi connectivity index (χ1n) is 4.71. The number of hydrogen-bond donors (Lipinski definition) is 1. The second-order valence-corrected chi connectivity index (χ2v) is 3.30. The van der Waals surface area contributed by atoms with Crippen molar-refractivity contribution in [1.29, 1.82) is 0 Å². The molecule has 0 bridgehead atoms. The molecule has 0 amide bonds. The molecular weight excluding hydrogens is 160 g/mol. The summed E-state index contributed by atoms with van der Waals surface area (Å²) in [6, 6.07) is 8.47. The van der Waals surface area contributed by atoms with Crippen molar-refractivity contribution in [3.63, 3.8) is 0 Å². The lowest BCUT2D eigenvalue weighted by atomic mass is 10.1. The fourth-order valence-corrected chi connectivity index (χ4v) is 1.36. The third-order valence-corrected chi connectivity index (χ3v) is 2.04. The Hall–Kier alpha value is -1.02. The van der Waals surface area contributed by atoms with E-state index < -0.39 is 0 Å². The molecule has 0 saturated heterocycles. The third kappa shape index (κ3) is 2.74. The minimum atomic E-state index is 0.949. The number of hydrogen-bond acceptors (Lipinski definition) is 2. The Morgan fingerprint density at radius 1 is 1.23 bits per heavy atom. The van der Waals surface area contributed by atoms with Crippen molar-refractivity contribution in [2.24, 2.45) is 0 Å². The van der Waals surface area contributed by atoms with E-state index >= 15 is 0 Å². The van der Waals surface area contributed by atoms with Crippen molar-refractivity contribution in [1.82, 2.24) is 5.32 Å². The van der Waals surface area contributed by atoms with Crippen LogP contribution >= 0.6 is 0 Å². The van der Waals surface area contributed by atoms with Gasteiger partial charge in [0.1, 0.15) is 0 Å². The van der Waals surface area contributed by atoms with Crippen LogP contribution in [0.5, 0.6) is 0 Å². The zero-order valence-electron chi connectivity index (χ0n) is 8.67. The van der Waals surface area contributed by atoms with Gasteiger partial charge in [0.2, 0.25) is 0 Å². The second-order valence-electron chi connectivity index (χ2n) is 3.30. The van der Waals surface area contributed by atoms with Crippen molar-refractivity contribution in [2.45, 2.75) is 13.5 Å². The van der Waals surface area contributed by atoms with Gasteiger partial charge in [-0.2, -0.15) is 0 Å². The first-order chi connectivity index (χ1) is 6.25. The van der Waals surface area contributed by atoms with Crippen LogP contribution in [0, 0.1) is 0 Å². The van der Waals surface area contributed by atoms with E-state index in [1.807, 2.05) is 0 Å². The van der Waals surface area contributed by atoms with Crippen molar-refractivity contribution < 1.29 is 0 Å². The fraction of sp³-hybridized carbons (Fsp3) is 0.455. The molecule has 1 aromatic carbocycles. The van der Waals surface area contributed by atoms with Gasteiger partial charge in [0.15, 0.2) is 0 Å². The van der Waals surface area contributed by atoms with Crippen LogP contribution in [-0.2, 0) is 6.54 Å². The van der Waals surface area contributed by atoms with Crippen molar-refractivity contribution in [2.75, 3.05) is 25.5 Å². The van der Waals surface area contributed by atoms with Crippen LogP contribution in [0.3, 0.4) is 0 Å². The van der Waals surface area contributed by atoms with Gasteiger partial charge in [-0.1, -0.05) is 25.1 Å². The fourth-order valence-electron chi connectivity index (χ4n) is 1.36. The maximum absolute atomic E-state index is 3.33. The molecule has 0 aromatic heterocycles. The Labute approximate surface area is 80.6 Å². The molecule has 72 valence electrons. The molecule has 0 aliphatic heterocycles. The molecule has 0 atom stereocenters. The molecule has 0 unspecified atom stereocenters. The molecule has 0 spiro atoms. The summed E-state index contributed by atoms with van der Waals surface area (Å²) >= 11 is 0. The first-order valence-corrected chi connectivity index (χ1v) is 4.71. The average molecular weight is 178 g/mol. The predicted octanol–water partition coefficient (Wildman–Crippen LogP) is 1.86. The van der Waals surface area contributed by atoms with Gasteiger partial charge in [-0.15, -0.1) is 0 Å². The molecule has 2 nitrogen and oxygen atoms in total. The van der Waals surface area contributed by atoms with Gasteiger partial charge in [-0.25, -0.2) is 0 Å². The number of anilines is 1. The summed E-state index contributed by atoms with van der Waals surface area (Å²) in [5.74, 6) is 0. The highest BCUT2D eigenvalue weighted by Crippen LogP contribution is 2.17. The largest absolute Gasteiger partial charge is 0.377 e. The maximum Gasteiger partial charge on any atom is 0.0406 e. The molecule has 0 radical (unpaired) electrons. The molecule has 0 saturated carbocycles. The summed E-state index contributed by atoms with van der Waals surface area (Å²) in [5.41, 5.74) is 2.65. The SMILES string of the molecule is CCNCc1ccccc1N(C)C. The smallest absolute Gasteiger partial charge is 0.0406 e. The van der Waals surface area contributed by atoms with Crippen molar-refractivity contribution in [3.8, 4) is 0 Å². The van der Waals surface area contributed by atoms with Crippen molar-refractivity contribution >= 4 is 5.69 Å². The van der Waals surface area contributed by atoms with Gasteiger partial charge < -0.3 is 10.2 Å². The van der Waals surface area contributed by atoms with E-state index in [0.29, 0.717) is 0 Å². The lowest BCUT2D eigenvalue weighted by Gasteiger charge is -2.17. The summed E-state index contributed by atoms with van der Waals surface area (Å²) in [6.07, 6.45) is 0. The van der Waals surface area contributed by atoms with E-state index in [1.165, 1.54) is 11.3 Å². The Bertz CT molecular complexity index is 256. The van der Waals surface area contributed by atoms with Crippen LogP contribution in [0.1, 0.15) is 12.5 Å². The highest BCUT2D eigenvalue weighted by molar-refractivity contribution is 5.52. The topological polar surface area (TPSA) is 15.3 Å². The van der Waals surface area contributed by atoms with Gasteiger partial charge in [0, 0.05) is 26.3 Å². The molecule has 2 heteroatoms. The van der Waals surface area contributed by atoms with Gasteiger partial charge in [-0.3, -0.25) is 0 Å². The number of nitrogens with one attached hydrogen (secondary N) is 1. The lowest BCUT2D eigenvalue weighted by molar-refractivity contribution is 0.725. The van der Waals surface area contributed by atoms with Gasteiger partial charge in [0.05, 0.1) is 0 Å². The molecular formula is C11H18N2. The van der Waals surface area contributed by atoms with E-state index in [9.17, 15) is 0 Å². The number of rotatable bonds is 4. The molecule has 0 aliphatic carbocycles. The predicted molar refractivity (Wildman–Crippen MR) is 58.1 cm³/mol. The van der Waals surface area contributed by atoms with Crippen LogP contribution in [0.25, 0.3) is 0 Å². The molecule has 1 N–H and O–H groups in total. The highest BCUT2D eigenvalue weighted by Gasteiger charge is 2.01. The van der Waals surface area contributed by atoms with E-state index in [4.69, 9.17) is 0 Å². The molecule has 0 heterocycles. The van der Waals surface area contributed by atoms with Crippen LogP contribution < -0.4 is 10.2 Å². The Morgan fingerprint density at radius 2 is 1.92 bits per heavy atom. The summed E-state index contributed by atoms with van der Waals surface area (Å²) in [4.78, 5) is 2.15. The number of nitrogens with zero attached hydrogens (tertiary/aromatic N) is 1. The average Bonchev–Trinajstić information content (AvgIpc) is 2.15. The zero-order chi connectivity index (χ0) is 9.68. The van der Waals surface area contributed by atoms with Crippen LogP contribution in [0.2, 0.25) is 0 Å². The van der Waals surface area contributed by atoms with Crippen LogP contribution in [0.4, 0.5) is 5.69 Å². The van der Waals surface area contributed by atoms with E-state index in [-0.39, 0.29) is 0 Å². The first kappa shape index (κ1) is 10.1. The normalized spacial score (nSPS) is 10.1. The maximum atomic E-state index is 3.33. The Balaban J connectivity index is 2.78. The minimum Gasteiger partial charge on any atom is -0.377 e. The highest BCUT2D eigenvalue weighted by atomic mass is 15.1. The second kappa shape index (κ2) is 4.87. The summed E-state index contributed by atoms with van der Waals surface area (Å²) in [7, 11) is 4.15. The number of para-hydroxylation sites is 1. The van der Waals surface area contributed by atoms with E-state index in [0.717, 1.165) is 13.1 Å². The Morgan fingerprint density at radius 3 is 2.54 bits per heavy atom. The molecule has 0 fully saturated rings. The van der Waals surface area contributed by atoms with Crippen molar-refractivity contribution in [3.05, 3.63) is 29.8 Å². The lowest BCUT2D eigenvalue weighted by Crippen LogP contribution is -2.16. The third-order valence-electron chi connectivity index (χ3n) is 2.04. The quantitative estimate of drug-likeness (QED) is 0.757. The van der Waals surface area contributed by atoms with Crippen LogP contribution in [0.15, 0.2) is 24.3 Å². The Kier molecular flexibility index (Phi) is 3.77. The van der Waals surface area contributed by atoms with E-state index in [1.54, 1.807) is 0 Å². The summed E-state index contributed by atoms with van der Waals surface area (Å²) in [5, 5.41) is 3.33. The standard InChI is InChI=1S/C11H18N2/c1-4-12-9-10-7-5-6-8-11(10)13(2)3/h5-8,12H,4,9H2,1-3H3. The summed E-state index contributed by atoms with van der Waals surface area (Å²) < 4.78 is 0. The van der Waals surface area contributed by atoms with Crippen LogP contribution in [-0.4, -0.2) is 20.6 Å². The van der Waals surface area contributed by atoms with Gasteiger partial charge in [0.25, 0.3) is 0 Å². The monoisotopic (exact) mass is 178 g/mol. The molecule has 0 aliphatic rings. The van der Waals surface area contributed by atoms with E-state index in [2.05, 4.69) is 55.5 Å². The van der Waals surface area contributed by atoms with Gasteiger partial charge >= 0.3 is 0 Å². The molecule has 1 aromatic rings. The summed E-state index contributed by atoms with van der Waals surface area (Å²) in [6.45, 7) is 4.09. The molecule has 1 rings (SSSR count).